The minimum absolute atomic E-state index is 0.0981. The van der Waals surface area contributed by atoms with Gasteiger partial charge in [0.2, 0.25) is 11.8 Å². The van der Waals surface area contributed by atoms with Gasteiger partial charge in [0.25, 0.3) is 11.8 Å². The molecule has 3 aromatic rings. The van der Waals surface area contributed by atoms with Gasteiger partial charge in [-0.05, 0) is 104 Å². The Bertz CT molecular complexity index is 2070. The number of phenols is 1. The summed E-state index contributed by atoms with van der Waals surface area (Å²) in [6.45, 7) is 12.9. The Labute approximate surface area is 334 Å². The minimum Gasteiger partial charge on any atom is -0.508 e. The van der Waals surface area contributed by atoms with Gasteiger partial charge in [0.1, 0.15) is 24.1 Å². The van der Waals surface area contributed by atoms with Crippen molar-refractivity contribution in [3.63, 3.8) is 0 Å². The number of imide groups is 2. The number of nitrogens with one attached hydrogen (secondary N) is 1. The number of allylic oxidation sites excluding steroid dienone is 6. The first kappa shape index (κ1) is 39.5. The van der Waals surface area contributed by atoms with E-state index in [1.165, 1.54) is 5.57 Å². The summed E-state index contributed by atoms with van der Waals surface area (Å²) in [6.07, 6.45) is 13.1. The molecule has 0 spiro atoms. The lowest BCUT2D eigenvalue weighted by Crippen LogP contribution is -2.54. The highest BCUT2D eigenvalue weighted by Crippen LogP contribution is 2.33. The zero-order valence-electron chi connectivity index (χ0n) is 32.6. The number of aromatic hydroxyl groups is 1. The molecule has 11 nitrogen and oxygen atoms in total. The number of piperidine rings is 2. The van der Waals surface area contributed by atoms with Gasteiger partial charge in [0.05, 0.1) is 11.1 Å². The van der Waals surface area contributed by atoms with Gasteiger partial charge in [-0.3, -0.25) is 39.2 Å². The van der Waals surface area contributed by atoms with Crippen LogP contribution in [0, 0.1) is 0 Å². The van der Waals surface area contributed by atoms with Crippen LogP contribution in [0.1, 0.15) is 70.9 Å². The van der Waals surface area contributed by atoms with E-state index in [1.807, 2.05) is 48.6 Å². The molecule has 4 amide bonds. The molecule has 296 valence electrons. The van der Waals surface area contributed by atoms with Crippen LogP contribution in [0.25, 0.3) is 5.57 Å². The highest BCUT2D eigenvalue weighted by Gasteiger charge is 2.45. The van der Waals surface area contributed by atoms with Gasteiger partial charge in [-0.1, -0.05) is 68.1 Å². The summed E-state index contributed by atoms with van der Waals surface area (Å²) >= 11 is 0. The maximum atomic E-state index is 13.3. The second-order valence-electron chi connectivity index (χ2n) is 14.9. The van der Waals surface area contributed by atoms with Gasteiger partial charge >= 0.3 is 0 Å². The number of fused-ring (bicyclic) bond motifs is 1. The zero-order valence-corrected chi connectivity index (χ0v) is 32.6. The molecule has 3 saturated heterocycles. The number of carbonyl (C=O) groups excluding carboxylic acids is 4. The lowest BCUT2D eigenvalue weighted by molar-refractivity contribution is -0.136. The number of carbonyl (C=O) groups is 4. The van der Waals surface area contributed by atoms with Gasteiger partial charge in [-0.25, -0.2) is 0 Å². The molecule has 57 heavy (non-hydrogen) atoms. The molecule has 3 fully saturated rings. The highest BCUT2D eigenvalue weighted by molar-refractivity contribution is 6.23. The van der Waals surface area contributed by atoms with Crippen molar-refractivity contribution in [3.05, 3.63) is 132 Å². The Morgan fingerprint density at radius 1 is 0.825 bits per heavy atom. The van der Waals surface area contributed by atoms with Gasteiger partial charge < -0.3 is 14.7 Å². The van der Waals surface area contributed by atoms with Crippen molar-refractivity contribution in [1.82, 2.24) is 20.0 Å². The average molecular weight is 770 g/mol. The number of anilines is 1. The highest BCUT2D eigenvalue weighted by atomic mass is 16.5. The smallest absolute Gasteiger partial charge is 0.262 e. The Hall–Kier alpha value is -5.78. The molecule has 7 rings (SSSR count). The van der Waals surface area contributed by atoms with E-state index in [0.29, 0.717) is 23.8 Å². The number of phenolic OH excluding ortho intramolecular Hbond substituents is 1. The Balaban J connectivity index is 0.874. The number of hydrogen-bond acceptors (Lipinski definition) is 9. The third-order valence-corrected chi connectivity index (χ3v) is 11.5. The number of ether oxygens (including phenoxy) is 1. The van der Waals surface area contributed by atoms with E-state index >= 15 is 0 Å². The number of benzene rings is 3. The molecule has 4 aliphatic heterocycles. The van der Waals surface area contributed by atoms with Crippen molar-refractivity contribution in [2.75, 3.05) is 57.3 Å². The van der Waals surface area contributed by atoms with Crippen LogP contribution < -0.4 is 15.0 Å². The summed E-state index contributed by atoms with van der Waals surface area (Å²) in [6, 6.07) is 20.5. The fraction of sp³-hybridized carbons (Fsp3) is 0.348. The van der Waals surface area contributed by atoms with E-state index in [4.69, 9.17) is 4.74 Å². The normalized spacial score (nSPS) is 20.3. The van der Waals surface area contributed by atoms with Crippen LogP contribution in [-0.4, -0.2) is 108 Å². The number of nitrogens with zero attached hydrogens (tertiary/aromatic N) is 4. The lowest BCUT2D eigenvalue weighted by Gasteiger charge is -2.43. The topological polar surface area (TPSA) is 123 Å². The van der Waals surface area contributed by atoms with E-state index in [0.717, 1.165) is 98.1 Å². The van der Waals surface area contributed by atoms with Crippen molar-refractivity contribution in [2.45, 2.75) is 51.1 Å². The van der Waals surface area contributed by atoms with Crippen LogP contribution in [0.4, 0.5) is 5.69 Å². The fourth-order valence-corrected chi connectivity index (χ4v) is 8.38. The summed E-state index contributed by atoms with van der Waals surface area (Å²) in [5, 5.41) is 12.2. The minimum atomic E-state index is -0.965. The number of hydrogen-bond donors (Lipinski definition) is 2. The third-order valence-electron chi connectivity index (χ3n) is 11.5. The van der Waals surface area contributed by atoms with Gasteiger partial charge in [0.15, 0.2) is 0 Å². The molecule has 11 heteroatoms. The summed E-state index contributed by atoms with van der Waals surface area (Å²) in [7, 11) is 0. The van der Waals surface area contributed by atoms with Crippen molar-refractivity contribution in [1.29, 1.82) is 0 Å². The summed E-state index contributed by atoms with van der Waals surface area (Å²) in [4.78, 5) is 58.9. The van der Waals surface area contributed by atoms with E-state index in [1.54, 1.807) is 30.3 Å². The molecule has 2 N–H and O–H groups in total. The zero-order chi connectivity index (χ0) is 39.9. The Morgan fingerprint density at radius 3 is 2.18 bits per heavy atom. The molecule has 0 aliphatic carbocycles. The van der Waals surface area contributed by atoms with Crippen LogP contribution in [0.5, 0.6) is 11.5 Å². The first-order chi connectivity index (χ1) is 27.7. The lowest BCUT2D eigenvalue weighted by atomic mass is 9.91. The Morgan fingerprint density at radius 2 is 1.51 bits per heavy atom. The molecule has 1 atom stereocenters. The maximum absolute atomic E-state index is 13.3. The summed E-state index contributed by atoms with van der Waals surface area (Å²) < 4.78 is 6.21. The Kier molecular flexibility index (Phi) is 12.5. The number of piperazine rings is 1. The number of amides is 4. The van der Waals surface area contributed by atoms with Crippen LogP contribution in [0.3, 0.4) is 0 Å². The van der Waals surface area contributed by atoms with Crippen molar-refractivity contribution in [3.8, 4) is 11.5 Å². The van der Waals surface area contributed by atoms with E-state index < -0.39 is 23.8 Å². The third kappa shape index (κ3) is 8.95. The molecule has 3 aromatic carbocycles. The number of rotatable bonds is 13. The van der Waals surface area contributed by atoms with Crippen LogP contribution in [0.2, 0.25) is 0 Å². The molecular formula is C46H51N5O6. The van der Waals surface area contributed by atoms with Crippen molar-refractivity contribution in [2.24, 2.45) is 0 Å². The van der Waals surface area contributed by atoms with Crippen molar-refractivity contribution < 1.29 is 29.0 Å². The predicted octanol–water partition coefficient (Wildman–Crippen LogP) is 5.97. The van der Waals surface area contributed by atoms with Crippen LogP contribution in [-0.2, 0) is 9.59 Å². The molecule has 0 radical (unpaired) electrons. The number of likely N-dealkylation sites (tertiary alicyclic amines) is 1. The summed E-state index contributed by atoms with van der Waals surface area (Å²) in [5.74, 6) is -0.865. The first-order valence-electron chi connectivity index (χ1n) is 20.0. The van der Waals surface area contributed by atoms with Gasteiger partial charge in [0, 0.05) is 50.9 Å². The van der Waals surface area contributed by atoms with E-state index in [2.05, 4.69) is 51.7 Å². The second kappa shape index (κ2) is 18.0. The van der Waals surface area contributed by atoms with E-state index in [-0.39, 0.29) is 24.5 Å². The molecule has 0 bridgehead atoms. The monoisotopic (exact) mass is 769 g/mol. The largest absolute Gasteiger partial charge is 0.508 e. The fourth-order valence-electron chi connectivity index (χ4n) is 8.38. The van der Waals surface area contributed by atoms with E-state index in [9.17, 15) is 24.3 Å². The molecular weight excluding hydrogens is 719 g/mol. The first-order valence-corrected chi connectivity index (χ1v) is 20.0. The van der Waals surface area contributed by atoms with Gasteiger partial charge in [-0.15, -0.1) is 0 Å². The predicted molar refractivity (Wildman–Crippen MR) is 221 cm³/mol. The SMILES string of the molecule is C=C\C=C/C=C/C(CC)=C(/c1ccc(O)cc1)c1ccc(OCCN2CCC(N3CCN(c4ccc5c(c4)C(=O)N(C4CCC(=O)NC4=O)C5=O)CC3)CC2)cc1. The van der Waals surface area contributed by atoms with Crippen LogP contribution in [0.15, 0.2) is 109 Å². The summed E-state index contributed by atoms with van der Waals surface area (Å²) in [5.41, 5.74) is 5.95. The standard InChI is InChI=1S/C46H51N5O6/c1-3-5-6-7-8-32(4-2)43(33-9-14-37(52)15-10-33)34-11-16-38(17-12-34)57-30-29-48-23-21-35(22-24-48)49-25-27-50(28-26-49)36-13-18-39-40(31-36)46(56)51(45(39)55)41-19-20-42(53)47-44(41)54/h3,5-18,31,35,41,52H,1,4,19-30H2,2H3,(H,47,53,54)/b6-5-,8-7+,43-32-. The molecule has 4 heterocycles. The molecule has 0 saturated carbocycles. The maximum Gasteiger partial charge on any atom is 0.262 e. The van der Waals surface area contributed by atoms with Crippen molar-refractivity contribution >= 4 is 34.9 Å². The average Bonchev–Trinajstić information content (AvgIpc) is 3.48. The van der Waals surface area contributed by atoms with Crippen LogP contribution >= 0.6 is 0 Å². The second-order valence-corrected chi connectivity index (χ2v) is 14.9. The molecule has 1 unspecified atom stereocenters. The molecule has 4 aliphatic rings. The molecule has 0 aromatic heterocycles. The quantitative estimate of drug-likeness (QED) is 0.160. The van der Waals surface area contributed by atoms with Gasteiger partial charge in [-0.2, -0.15) is 0 Å².